The molecule has 3 heteroatoms. The molecule has 1 saturated carbocycles. The molecule has 2 nitrogen and oxygen atoms in total. The van der Waals surface area contributed by atoms with E-state index in [9.17, 15) is 0 Å². The summed E-state index contributed by atoms with van der Waals surface area (Å²) in [6.45, 7) is 1.34. The van der Waals surface area contributed by atoms with Gasteiger partial charge in [0.25, 0.3) is 0 Å². The van der Waals surface area contributed by atoms with Crippen LogP contribution in [0.25, 0.3) is 0 Å². The molecule has 2 atom stereocenters. The van der Waals surface area contributed by atoms with Crippen molar-refractivity contribution in [3.05, 3.63) is 0 Å². The molecular weight excluding hydrogens is 216 g/mol. The van der Waals surface area contributed by atoms with E-state index in [-0.39, 0.29) is 0 Å². The maximum Gasteiger partial charge on any atom is 0.0284 e. The van der Waals surface area contributed by atoms with Crippen molar-refractivity contribution in [3.63, 3.8) is 0 Å². The number of nitrogens with two attached hydrogens (primary N) is 1. The van der Waals surface area contributed by atoms with E-state index < -0.39 is 0 Å². The second-order valence-electron chi connectivity index (χ2n) is 6.03. The van der Waals surface area contributed by atoms with E-state index in [0.29, 0.717) is 10.8 Å². The number of thioether (sulfide) groups is 1. The van der Waals surface area contributed by atoms with Crippen LogP contribution in [0.15, 0.2) is 0 Å². The van der Waals surface area contributed by atoms with Crippen molar-refractivity contribution >= 4 is 11.8 Å². The average Bonchev–Trinajstić information content (AvgIpc) is 2.45. The molecule has 1 aliphatic carbocycles. The zero-order valence-corrected chi connectivity index (χ0v) is 11.1. The van der Waals surface area contributed by atoms with Crippen LogP contribution < -0.4 is 5.73 Å². The third-order valence-corrected chi connectivity index (χ3v) is 6.49. The van der Waals surface area contributed by atoms with Gasteiger partial charge in [-0.25, -0.2) is 0 Å². The Morgan fingerprint density at radius 2 is 1.88 bits per heavy atom. The van der Waals surface area contributed by atoms with Crippen LogP contribution in [0.5, 0.6) is 0 Å². The van der Waals surface area contributed by atoms with Gasteiger partial charge in [-0.1, -0.05) is 6.42 Å². The van der Waals surface area contributed by atoms with Gasteiger partial charge >= 0.3 is 0 Å². The molecule has 0 aromatic carbocycles. The van der Waals surface area contributed by atoms with Gasteiger partial charge in [-0.15, -0.1) is 0 Å². The lowest BCUT2D eigenvalue weighted by molar-refractivity contribution is 0.0978. The van der Waals surface area contributed by atoms with Crippen molar-refractivity contribution in [2.75, 3.05) is 12.8 Å². The second-order valence-corrected chi connectivity index (χ2v) is 7.30. The van der Waals surface area contributed by atoms with Crippen LogP contribution >= 0.6 is 11.8 Å². The van der Waals surface area contributed by atoms with Crippen molar-refractivity contribution in [1.29, 1.82) is 0 Å². The maximum atomic E-state index is 6.13. The molecule has 2 N–H and O–H groups in total. The summed E-state index contributed by atoms with van der Waals surface area (Å²) in [6, 6.07) is 2.12. The number of hydrogen-bond acceptors (Lipinski definition) is 3. The van der Waals surface area contributed by atoms with Crippen molar-refractivity contribution in [2.24, 2.45) is 5.73 Å². The lowest BCUT2D eigenvalue weighted by Gasteiger charge is -2.48. The highest BCUT2D eigenvalue weighted by Gasteiger charge is 2.45. The molecule has 2 saturated heterocycles. The Morgan fingerprint density at radius 3 is 2.31 bits per heavy atom. The monoisotopic (exact) mass is 240 g/mol. The fraction of sp³-hybridized carbons (Fsp3) is 1.00. The molecule has 3 fully saturated rings. The predicted octanol–water partition coefficient (Wildman–Crippen LogP) is 2.23. The van der Waals surface area contributed by atoms with Gasteiger partial charge in [-0.3, -0.25) is 4.90 Å². The van der Waals surface area contributed by atoms with Crippen LogP contribution in [0.1, 0.15) is 44.9 Å². The topological polar surface area (TPSA) is 29.3 Å². The number of rotatable bonds is 3. The molecule has 0 amide bonds. The summed E-state index contributed by atoms with van der Waals surface area (Å²) in [5, 5.41) is 0. The van der Waals surface area contributed by atoms with Crippen LogP contribution in [-0.4, -0.2) is 40.6 Å². The van der Waals surface area contributed by atoms with Gasteiger partial charge in [-0.05, 0) is 44.8 Å². The van der Waals surface area contributed by atoms with Crippen LogP contribution in [0.3, 0.4) is 0 Å². The third-order valence-electron chi connectivity index (χ3n) is 5.09. The van der Waals surface area contributed by atoms with E-state index in [1.807, 2.05) is 0 Å². The predicted molar refractivity (Wildman–Crippen MR) is 70.8 cm³/mol. The second kappa shape index (κ2) is 4.18. The van der Waals surface area contributed by atoms with Gasteiger partial charge in [-0.2, -0.15) is 11.8 Å². The Bertz CT molecular complexity index is 245. The normalized spacial score (nSPS) is 42.0. The van der Waals surface area contributed by atoms with Crippen molar-refractivity contribution in [3.8, 4) is 0 Å². The molecule has 2 heterocycles. The highest BCUT2D eigenvalue weighted by Crippen LogP contribution is 2.46. The first-order valence-electron chi connectivity index (χ1n) is 6.79. The van der Waals surface area contributed by atoms with E-state index in [4.69, 9.17) is 5.73 Å². The number of hydrogen-bond donors (Lipinski definition) is 1. The fourth-order valence-corrected chi connectivity index (χ4v) is 4.88. The van der Waals surface area contributed by atoms with Gasteiger partial charge < -0.3 is 5.73 Å². The van der Waals surface area contributed by atoms with Crippen LogP contribution in [0.4, 0.5) is 0 Å². The molecular formula is C13H24N2S. The zero-order chi connectivity index (χ0) is 11.2. The van der Waals surface area contributed by atoms with Gasteiger partial charge in [0, 0.05) is 29.4 Å². The summed E-state index contributed by atoms with van der Waals surface area (Å²) in [5.74, 6) is 0. The van der Waals surface area contributed by atoms with E-state index in [0.717, 1.165) is 12.1 Å². The SMILES string of the molecule is CSC1(CN2C3CCC2CC(N)C3)CCC1. The van der Waals surface area contributed by atoms with Crippen LogP contribution in [-0.2, 0) is 0 Å². The minimum absolute atomic E-state index is 0.486. The first kappa shape index (κ1) is 11.4. The summed E-state index contributed by atoms with van der Waals surface area (Å²) in [4.78, 5) is 2.82. The van der Waals surface area contributed by atoms with E-state index in [1.54, 1.807) is 0 Å². The number of fused-ring (bicyclic) bond motifs is 2. The van der Waals surface area contributed by atoms with E-state index >= 15 is 0 Å². The molecule has 0 spiro atoms. The smallest absolute Gasteiger partial charge is 0.0284 e. The Labute approximate surface area is 103 Å². The Balaban J connectivity index is 1.67. The van der Waals surface area contributed by atoms with Gasteiger partial charge in [0.2, 0.25) is 0 Å². The highest BCUT2D eigenvalue weighted by molar-refractivity contribution is 8.00. The van der Waals surface area contributed by atoms with Gasteiger partial charge in [0.05, 0.1) is 0 Å². The van der Waals surface area contributed by atoms with Gasteiger partial charge in [0.15, 0.2) is 0 Å². The summed E-state index contributed by atoms with van der Waals surface area (Å²) in [5.41, 5.74) is 6.13. The van der Waals surface area contributed by atoms with Gasteiger partial charge in [0.1, 0.15) is 0 Å². The van der Waals surface area contributed by atoms with E-state index in [2.05, 4.69) is 22.9 Å². The van der Waals surface area contributed by atoms with Crippen molar-refractivity contribution in [2.45, 2.75) is 67.8 Å². The Morgan fingerprint density at radius 1 is 1.25 bits per heavy atom. The molecule has 0 aromatic heterocycles. The van der Waals surface area contributed by atoms with E-state index in [1.165, 1.54) is 51.5 Å². The highest BCUT2D eigenvalue weighted by atomic mass is 32.2. The lowest BCUT2D eigenvalue weighted by Crippen LogP contribution is -2.54. The lowest BCUT2D eigenvalue weighted by atomic mass is 9.82. The molecule has 0 radical (unpaired) electrons. The summed E-state index contributed by atoms with van der Waals surface area (Å²) in [7, 11) is 0. The quantitative estimate of drug-likeness (QED) is 0.820. The molecule has 0 aromatic rings. The molecule has 3 rings (SSSR count). The van der Waals surface area contributed by atoms with Crippen molar-refractivity contribution < 1.29 is 0 Å². The molecule has 3 aliphatic rings. The molecule has 2 unspecified atom stereocenters. The maximum absolute atomic E-state index is 6.13. The summed E-state index contributed by atoms with van der Waals surface area (Å²) >= 11 is 2.11. The average molecular weight is 240 g/mol. The standard InChI is InChI=1S/C13H24N2S/c1-16-13(5-2-6-13)9-15-11-3-4-12(15)8-10(14)7-11/h10-12H,2-9,14H2,1H3. The summed E-state index contributed by atoms with van der Waals surface area (Å²) < 4.78 is 0.613. The minimum atomic E-state index is 0.486. The first-order chi connectivity index (χ1) is 7.72. The Kier molecular flexibility index (Phi) is 2.97. The zero-order valence-electron chi connectivity index (χ0n) is 10.3. The fourth-order valence-electron chi connectivity index (χ4n) is 3.91. The molecule has 92 valence electrons. The van der Waals surface area contributed by atoms with Crippen LogP contribution in [0, 0.1) is 0 Å². The Hall–Kier alpha value is 0.270. The number of piperidine rings is 1. The number of nitrogens with zero attached hydrogens (tertiary/aromatic N) is 1. The third kappa shape index (κ3) is 1.81. The minimum Gasteiger partial charge on any atom is -0.328 e. The van der Waals surface area contributed by atoms with Crippen molar-refractivity contribution in [1.82, 2.24) is 4.90 Å². The molecule has 16 heavy (non-hydrogen) atoms. The largest absolute Gasteiger partial charge is 0.328 e. The summed E-state index contributed by atoms with van der Waals surface area (Å²) in [6.07, 6.45) is 11.9. The van der Waals surface area contributed by atoms with Crippen LogP contribution in [0.2, 0.25) is 0 Å². The molecule has 2 bridgehead atoms. The molecule has 2 aliphatic heterocycles. The first-order valence-corrected chi connectivity index (χ1v) is 8.01.